The zero-order valence-corrected chi connectivity index (χ0v) is 11.1. The van der Waals surface area contributed by atoms with Gasteiger partial charge >= 0.3 is 0 Å². The Bertz CT molecular complexity index is 231. The van der Waals surface area contributed by atoms with Crippen LogP contribution in [0.3, 0.4) is 0 Å². The van der Waals surface area contributed by atoms with Crippen molar-refractivity contribution in [3.8, 4) is 0 Å². The third-order valence-corrected chi connectivity index (χ3v) is 4.27. The molecule has 0 fully saturated rings. The van der Waals surface area contributed by atoms with E-state index in [1.807, 2.05) is 0 Å². The summed E-state index contributed by atoms with van der Waals surface area (Å²) in [4.78, 5) is 0. The van der Waals surface area contributed by atoms with Crippen molar-refractivity contribution >= 4 is 9.84 Å². The minimum atomic E-state index is -2.81. The molecule has 0 aliphatic carbocycles. The van der Waals surface area contributed by atoms with Crippen LogP contribution in [0.2, 0.25) is 0 Å². The number of hydrogen-bond donors (Lipinski definition) is 1. The molecule has 0 aromatic heterocycles. The molecule has 0 saturated carbocycles. The van der Waals surface area contributed by atoms with E-state index in [1.165, 1.54) is 0 Å². The van der Waals surface area contributed by atoms with Gasteiger partial charge in [-0.05, 0) is 12.8 Å². The first kappa shape index (κ1) is 14.9. The summed E-state index contributed by atoms with van der Waals surface area (Å²) in [5.41, 5.74) is 0. The first-order valence-corrected chi connectivity index (χ1v) is 7.81. The van der Waals surface area contributed by atoms with E-state index in [1.54, 1.807) is 6.92 Å². The zero-order valence-electron chi connectivity index (χ0n) is 10.3. The van der Waals surface area contributed by atoms with Crippen LogP contribution in [0, 0.1) is 0 Å². The molecule has 92 valence electrons. The maximum absolute atomic E-state index is 11.3. The highest BCUT2D eigenvalue weighted by Crippen LogP contribution is 2.04. The highest BCUT2D eigenvalue weighted by atomic mass is 32.2. The SMILES string of the molecule is CCCC(CCC)NCCS(=O)(=O)CC. The summed E-state index contributed by atoms with van der Waals surface area (Å²) >= 11 is 0. The third kappa shape index (κ3) is 7.79. The monoisotopic (exact) mass is 235 g/mol. The molecule has 0 amide bonds. The molecule has 3 nitrogen and oxygen atoms in total. The van der Waals surface area contributed by atoms with E-state index in [2.05, 4.69) is 19.2 Å². The second kappa shape index (κ2) is 8.11. The van der Waals surface area contributed by atoms with E-state index in [4.69, 9.17) is 0 Å². The maximum Gasteiger partial charge on any atom is 0.151 e. The van der Waals surface area contributed by atoms with Crippen LogP contribution in [0.5, 0.6) is 0 Å². The molecule has 0 aromatic carbocycles. The van der Waals surface area contributed by atoms with Gasteiger partial charge in [0.2, 0.25) is 0 Å². The molecule has 0 radical (unpaired) electrons. The van der Waals surface area contributed by atoms with Crippen LogP contribution >= 0.6 is 0 Å². The van der Waals surface area contributed by atoms with Gasteiger partial charge in [-0.25, -0.2) is 8.42 Å². The molecule has 0 heterocycles. The van der Waals surface area contributed by atoms with E-state index in [0.29, 0.717) is 12.6 Å². The Morgan fingerprint density at radius 2 is 1.60 bits per heavy atom. The lowest BCUT2D eigenvalue weighted by Gasteiger charge is -2.16. The molecule has 0 aliphatic rings. The van der Waals surface area contributed by atoms with E-state index in [-0.39, 0.29) is 11.5 Å². The minimum absolute atomic E-state index is 0.251. The fourth-order valence-corrected chi connectivity index (χ4v) is 2.33. The molecule has 0 spiro atoms. The standard InChI is InChI=1S/C11H25NO2S/c1-4-7-11(8-5-2)12-9-10-15(13,14)6-3/h11-12H,4-10H2,1-3H3. The summed E-state index contributed by atoms with van der Waals surface area (Å²) in [6.45, 7) is 6.62. The number of hydrogen-bond acceptors (Lipinski definition) is 3. The number of sulfone groups is 1. The molecule has 0 atom stereocenters. The summed E-state index contributed by atoms with van der Waals surface area (Å²) < 4.78 is 22.5. The maximum atomic E-state index is 11.3. The second-order valence-corrected chi connectivity index (χ2v) is 6.44. The van der Waals surface area contributed by atoms with Crippen LogP contribution in [0.25, 0.3) is 0 Å². The molecule has 0 aliphatic heterocycles. The summed E-state index contributed by atoms with van der Waals surface area (Å²) in [5.74, 6) is 0.522. The van der Waals surface area contributed by atoms with Gasteiger partial charge in [0.1, 0.15) is 0 Å². The average Bonchev–Trinajstić information content (AvgIpc) is 2.18. The first-order valence-electron chi connectivity index (χ1n) is 5.99. The second-order valence-electron chi connectivity index (χ2n) is 3.96. The van der Waals surface area contributed by atoms with E-state index >= 15 is 0 Å². The smallest absolute Gasteiger partial charge is 0.151 e. The van der Waals surface area contributed by atoms with Crippen molar-refractivity contribution in [1.82, 2.24) is 5.32 Å². The molecule has 0 unspecified atom stereocenters. The molecular weight excluding hydrogens is 210 g/mol. The van der Waals surface area contributed by atoms with E-state index in [9.17, 15) is 8.42 Å². The summed E-state index contributed by atoms with van der Waals surface area (Å²) in [7, 11) is -2.81. The molecule has 0 bridgehead atoms. The van der Waals surface area contributed by atoms with Gasteiger partial charge in [-0.2, -0.15) is 0 Å². The number of rotatable bonds is 9. The van der Waals surface area contributed by atoms with Gasteiger partial charge in [0, 0.05) is 18.3 Å². The highest BCUT2D eigenvalue weighted by molar-refractivity contribution is 7.91. The van der Waals surface area contributed by atoms with Crippen molar-refractivity contribution in [3.63, 3.8) is 0 Å². The lowest BCUT2D eigenvalue weighted by atomic mass is 10.1. The molecule has 4 heteroatoms. The average molecular weight is 235 g/mol. The molecule has 0 rings (SSSR count). The summed E-state index contributed by atoms with van der Waals surface area (Å²) in [6.07, 6.45) is 4.58. The molecule has 1 N–H and O–H groups in total. The van der Waals surface area contributed by atoms with Crippen molar-refractivity contribution < 1.29 is 8.42 Å². The van der Waals surface area contributed by atoms with Gasteiger partial charge in [0.05, 0.1) is 5.75 Å². The Balaban J connectivity index is 3.79. The van der Waals surface area contributed by atoms with E-state index < -0.39 is 9.84 Å². The molecule has 0 aromatic rings. The quantitative estimate of drug-likeness (QED) is 0.664. The predicted molar refractivity (Wildman–Crippen MR) is 65.9 cm³/mol. The van der Waals surface area contributed by atoms with Gasteiger partial charge in [0.15, 0.2) is 9.84 Å². The predicted octanol–water partition coefficient (Wildman–Crippen LogP) is 1.98. The van der Waals surface area contributed by atoms with Gasteiger partial charge < -0.3 is 5.32 Å². The number of nitrogens with one attached hydrogen (secondary N) is 1. The van der Waals surface area contributed by atoms with Crippen LogP contribution in [-0.2, 0) is 9.84 Å². The Hall–Kier alpha value is -0.0900. The lowest BCUT2D eigenvalue weighted by Crippen LogP contribution is -2.33. The van der Waals surface area contributed by atoms with Crippen molar-refractivity contribution in [2.45, 2.75) is 52.5 Å². The van der Waals surface area contributed by atoms with Crippen molar-refractivity contribution in [2.75, 3.05) is 18.1 Å². The van der Waals surface area contributed by atoms with E-state index in [0.717, 1.165) is 25.7 Å². The highest BCUT2D eigenvalue weighted by Gasteiger charge is 2.09. The molecular formula is C11H25NO2S. The van der Waals surface area contributed by atoms with Gasteiger partial charge in [-0.1, -0.05) is 33.6 Å². The first-order chi connectivity index (χ1) is 7.05. The Morgan fingerprint density at radius 3 is 2.00 bits per heavy atom. The van der Waals surface area contributed by atoms with Crippen molar-refractivity contribution in [2.24, 2.45) is 0 Å². The van der Waals surface area contributed by atoms with Crippen LogP contribution in [-0.4, -0.2) is 32.5 Å². The van der Waals surface area contributed by atoms with Gasteiger partial charge in [0.25, 0.3) is 0 Å². The molecule has 0 saturated heterocycles. The topological polar surface area (TPSA) is 46.2 Å². The van der Waals surface area contributed by atoms with Crippen molar-refractivity contribution in [3.05, 3.63) is 0 Å². The van der Waals surface area contributed by atoms with Crippen LogP contribution in [0.15, 0.2) is 0 Å². The fraction of sp³-hybridized carbons (Fsp3) is 1.00. The summed E-state index contributed by atoms with van der Waals surface area (Å²) in [6, 6.07) is 0.493. The van der Waals surface area contributed by atoms with Gasteiger partial charge in [-0.3, -0.25) is 0 Å². The summed E-state index contributed by atoms with van der Waals surface area (Å²) in [5, 5.41) is 3.33. The van der Waals surface area contributed by atoms with Crippen LogP contribution < -0.4 is 5.32 Å². The normalized spacial score (nSPS) is 12.3. The largest absolute Gasteiger partial charge is 0.313 e. The molecule has 15 heavy (non-hydrogen) atoms. The fourth-order valence-electron chi connectivity index (χ4n) is 1.61. The lowest BCUT2D eigenvalue weighted by molar-refractivity contribution is 0.454. The Morgan fingerprint density at radius 1 is 1.07 bits per heavy atom. The zero-order chi connectivity index (χ0) is 11.7. The Labute approximate surface area is 94.6 Å². The van der Waals surface area contributed by atoms with Crippen LogP contribution in [0.4, 0.5) is 0 Å². The van der Waals surface area contributed by atoms with Crippen molar-refractivity contribution in [1.29, 1.82) is 0 Å². The minimum Gasteiger partial charge on any atom is -0.313 e. The third-order valence-electron chi connectivity index (χ3n) is 2.56. The Kier molecular flexibility index (Phi) is 8.06. The van der Waals surface area contributed by atoms with Crippen LogP contribution in [0.1, 0.15) is 46.5 Å². The van der Waals surface area contributed by atoms with Gasteiger partial charge in [-0.15, -0.1) is 0 Å².